The van der Waals surface area contributed by atoms with Crippen LogP contribution in [0.3, 0.4) is 0 Å². The molecule has 0 unspecified atom stereocenters. The maximum Gasteiger partial charge on any atom is 0.270 e. The summed E-state index contributed by atoms with van der Waals surface area (Å²) in [6.45, 7) is 20.3. The molecule has 0 N–H and O–H groups in total. The Labute approximate surface area is 359 Å². The molecule has 4 aromatic heterocycles. The highest BCUT2D eigenvalue weighted by molar-refractivity contribution is 6.10. The van der Waals surface area contributed by atoms with Crippen molar-refractivity contribution in [3.05, 3.63) is 181 Å². The van der Waals surface area contributed by atoms with Gasteiger partial charge in [-0.1, -0.05) is 135 Å². The van der Waals surface area contributed by atoms with E-state index in [4.69, 9.17) is 14.7 Å². The first-order chi connectivity index (χ1) is 29.1. The fraction of sp³-hybridized carbons (Fsp3) is 0.218. The predicted octanol–water partition coefficient (Wildman–Crippen LogP) is 13.5. The van der Waals surface area contributed by atoms with Crippen LogP contribution in [0.4, 0.5) is 0 Å². The first kappa shape index (κ1) is 39.7. The molecule has 9 aromatic rings. The summed E-state index contributed by atoms with van der Waals surface area (Å²) in [5, 5.41) is 2.29. The van der Waals surface area contributed by atoms with Crippen LogP contribution in [-0.2, 0) is 16.2 Å². The average Bonchev–Trinajstić information content (AvgIpc) is 3.83. The Hall–Kier alpha value is -6.79. The summed E-state index contributed by atoms with van der Waals surface area (Å²) in [5.41, 5.74) is 11.3. The number of aromatic nitrogens is 5. The molecular formula is C55H53N5O. The van der Waals surface area contributed by atoms with Gasteiger partial charge in [-0.2, -0.15) is 0 Å². The topological polar surface area (TPSA) is 48.8 Å². The van der Waals surface area contributed by atoms with Gasteiger partial charge < -0.3 is 4.74 Å². The molecule has 304 valence electrons. The van der Waals surface area contributed by atoms with Crippen LogP contribution in [-0.4, -0.2) is 19.1 Å². The molecule has 0 bridgehead atoms. The van der Waals surface area contributed by atoms with E-state index in [0.29, 0.717) is 17.3 Å². The SMILES string of the molecule is CC(C)(C)c1cc(-[n+]2[c-]n(-c3cc(Oc4ccc5c6cc(-c7ccccc7)ccc6n(-c6cc(C(C)(C)C)ccn6)c5c4)ccn3)cc2-c2ccccc2)cc(C(C)(C)C)c1. The number of hydrogen-bond donors (Lipinski definition) is 0. The van der Waals surface area contributed by atoms with Gasteiger partial charge in [-0.05, 0) is 104 Å². The van der Waals surface area contributed by atoms with Crippen LogP contribution in [0.5, 0.6) is 11.5 Å². The van der Waals surface area contributed by atoms with Gasteiger partial charge in [0.15, 0.2) is 5.82 Å². The lowest BCUT2D eigenvalue weighted by Gasteiger charge is -2.26. The van der Waals surface area contributed by atoms with Crippen LogP contribution in [0.25, 0.3) is 61.5 Å². The van der Waals surface area contributed by atoms with Crippen molar-refractivity contribution in [1.29, 1.82) is 0 Å². The molecule has 9 rings (SSSR count). The van der Waals surface area contributed by atoms with Crippen LogP contribution in [0.15, 0.2) is 158 Å². The largest absolute Gasteiger partial charge is 0.458 e. The van der Waals surface area contributed by atoms with Crippen LogP contribution in [0.1, 0.15) is 79.0 Å². The van der Waals surface area contributed by atoms with Crippen molar-refractivity contribution >= 4 is 21.8 Å². The van der Waals surface area contributed by atoms with Crippen molar-refractivity contribution in [3.63, 3.8) is 0 Å². The van der Waals surface area contributed by atoms with Crippen molar-refractivity contribution < 1.29 is 9.30 Å². The summed E-state index contributed by atoms with van der Waals surface area (Å²) >= 11 is 0. The average molecular weight is 800 g/mol. The van der Waals surface area contributed by atoms with Gasteiger partial charge in [0.05, 0.1) is 22.4 Å². The molecule has 0 saturated heterocycles. The van der Waals surface area contributed by atoms with E-state index in [1.54, 1.807) is 6.20 Å². The van der Waals surface area contributed by atoms with Gasteiger partial charge in [0.1, 0.15) is 17.3 Å². The first-order valence-corrected chi connectivity index (χ1v) is 21.1. The van der Waals surface area contributed by atoms with Crippen molar-refractivity contribution in [3.8, 4) is 51.2 Å². The minimum Gasteiger partial charge on any atom is -0.458 e. The maximum absolute atomic E-state index is 6.71. The smallest absolute Gasteiger partial charge is 0.270 e. The molecule has 6 nitrogen and oxygen atoms in total. The molecule has 0 aliphatic heterocycles. The number of benzene rings is 5. The zero-order valence-electron chi connectivity index (χ0n) is 36.7. The lowest BCUT2D eigenvalue weighted by atomic mass is 9.80. The molecule has 0 fully saturated rings. The normalized spacial score (nSPS) is 12.3. The number of rotatable bonds is 7. The van der Waals surface area contributed by atoms with E-state index in [-0.39, 0.29) is 16.2 Å². The molecule has 61 heavy (non-hydrogen) atoms. The van der Waals surface area contributed by atoms with Gasteiger partial charge in [0.25, 0.3) is 6.33 Å². The zero-order chi connectivity index (χ0) is 42.7. The number of hydrogen-bond acceptors (Lipinski definition) is 3. The Morgan fingerprint density at radius 1 is 0.492 bits per heavy atom. The Kier molecular flexibility index (Phi) is 9.78. The Morgan fingerprint density at radius 3 is 1.79 bits per heavy atom. The second-order valence-electron chi connectivity index (χ2n) is 19.2. The van der Waals surface area contributed by atoms with Gasteiger partial charge in [0.2, 0.25) is 0 Å². The molecule has 0 saturated carbocycles. The van der Waals surface area contributed by atoms with Gasteiger partial charge in [-0.3, -0.25) is 18.7 Å². The van der Waals surface area contributed by atoms with Crippen molar-refractivity contribution in [2.75, 3.05) is 0 Å². The quantitative estimate of drug-likeness (QED) is 0.119. The lowest BCUT2D eigenvalue weighted by molar-refractivity contribution is -0.588. The Morgan fingerprint density at radius 2 is 1.11 bits per heavy atom. The molecular weight excluding hydrogens is 747 g/mol. The van der Waals surface area contributed by atoms with Crippen molar-refractivity contribution in [1.82, 2.24) is 19.1 Å². The molecule has 0 atom stereocenters. The molecule has 0 amide bonds. The minimum absolute atomic E-state index is 0.0330. The van der Waals surface area contributed by atoms with E-state index in [9.17, 15) is 0 Å². The van der Waals surface area contributed by atoms with Gasteiger partial charge >= 0.3 is 0 Å². The van der Waals surface area contributed by atoms with Crippen LogP contribution in [0, 0.1) is 6.33 Å². The van der Waals surface area contributed by atoms with E-state index >= 15 is 0 Å². The summed E-state index contributed by atoms with van der Waals surface area (Å²) in [6.07, 6.45) is 9.48. The highest BCUT2D eigenvalue weighted by Crippen LogP contribution is 2.38. The first-order valence-electron chi connectivity index (χ1n) is 21.1. The predicted molar refractivity (Wildman–Crippen MR) is 250 cm³/mol. The molecule has 5 aromatic carbocycles. The third-order valence-corrected chi connectivity index (χ3v) is 11.6. The number of nitrogens with zero attached hydrogens (tertiary/aromatic N) is 5. The third kappa shape index (κ3) is 7.86. The minimum atomic E-state index is -0.0334. The molecule has 0 spiro atoms. The van der Waals surface area contributed by atoms with Crippen LogP contribution in [0.2, 0.25) is 0 Å². The fourth-order valence-electron chi connectivity index (χ4n) is 7.96. The molecule has 0 aliphatic rings. The van der Waals surface area contributed by atoms with Crippen LogP contribution >= 0.6 is 0 Å². The third-order valence-electron chi connectivity index (χ3n) is 11.6. The highest BCUT2D eigenvalue weighted by Gasteiger charge is 2.24. The summed E-state index contributed by atoms with van der Waals surface area (Å²) < 4.78 is 13.1. The summed E-state index contributed by atoms with van der Waals surface area (Å²) in [4.78, 5) is 9.75. The van der Waals surface area contributed by atoms with E-state index in [1.807, 2.05) is 29.0 Å². The number of pyridine rings is 2. The highest BCUT2D eigenvalue weighted by atomic mass is 16.5. The summed E-state index contributed by atoms with van der Waals surface area (Å²) in [5.74, 6) is 2.96. The Balaban J connectivity index is 1.14. The van der Waals surface area contributed by atoms with Gasteiger partial charge in [-0.15, -0.1) is 0 Å². The van der Waals surface area contributed by atoms with E-state index in [1.165, 1.54) is 27.8 Å². The number of fused-ring (bicyclic) bond motifs is 3. The number of imidazole rings is 1. The molecule has 0 aliphatic carbocycles. The summed E-state index contributed by atoms with van der Waals surface area (Å²) in [6, 6.07) is 49.2. The second kappa shape index (κ2) is 15.0. The second-order valence-corrected chi connectivity index (χ2v) is 19.2. The standard InChI is InChI=1S/C55H53N5O/c1-53(2,3)40-24-26-57-52(32-40)60-48-23-20-39(37-16-12-10-13-17-37)28-47(48)46-22-21-44(33-49(46)60)61-45-25-27-56-51(34-45)58-35-50(38-18-14-11-15-19-38)59(36-58)43-30-41(54(4,5)6)29-42(31-43)55(7,8)9/h10-35H,1-9H3. The van der Waals surface area contributed by atoms with Crippen molar-refractivity contribution in [2.45, 2.75) is 78.6 Å². The molecule has 0 radical (unpaired) electrons. The Bertz CT molecular complexity index is 3010. The van der Waals surface area contributed by atoms with Crippen LogP contribution < -0.4 is 9.30 Å². The van der Waals surface area contributed by atoms with E-state index < -0.39 is 0 Å². The zero-order valence-corrected chi connectivity index (χ0v) is 36.7. The van der Waals surface area contributed by atoms with Gasteiger partial charge in [-0.25, -0.2) is 4.98 Å². The molecule has 4 heterocycles. The van der Waals surface area contributed by atoms with E-state index in [2.05, 4.69) is 205 Å². The van der Waals surface area contributed by atoms with Gasteiger partial charge in [0, 0.05) is 41.5 Å². The lowest BCUT2D eigenvalue weighted by Crippen LogP contribution is -2.33. The monoisotopic (exact) mass is 799 g/mol. The number of ether oxygens (including phenoxy) is 1. The molecule has 6 heteroatoms. The maximum atomic E-state index is 6.71. The van der Waals surface area contributed by atoms with E-state index in [0.717, 1.165) is 44.6 Å². The summed E-state index contributed by atoms with van der Waals surface area (Å²) in [7, 11) is 0. The van der Waals surface area contributed by atoms with Crippen molar-refractivity contribution in [2.24, 2.45) is 0 Å². The fourth-order valence-corrected chi connectivity index (χ4v) is 7.96.